The van der Waals surface area contributed by atoms with Crippen LogP contribution in [0.4, 0.5) is 0 Å². The van der Waals surface area contributed by atoms with Gasteiger partial charge in [-0.25, -0.2) is 9.97 Å². The number of thiazole rings is 1. The summed E-state index contributed by atoms with van der Waals surface area (Å²) < 4.78 is 6.45. The van der Waals surface area contributed by atoms with E-state index in [1.54, 1.807) is 24.6 Å². The van der Waals surface area contributed by atoms with E-state index in [-0.39, 0.29) is 6.61 Å². The molecule has 0 amide bonds. The zero-order chi connectivity index (χ0) is 17.6. The second-order valence-electron chi connectivity index (χ2n) is 6.01. The van der Waals surface area contributed by atoms with Gasteiger partial charge in [-0.1, -0.05) is 0 Å². The number of ether oxygens (including phenoxy) is 1. The number of hydrogen-bond donors (Lipinski definition) is 1. The number of aliphatic hydroxyl groups excluding tert-OH is 1. The molecule has 0 aliphatic rings. The highest BCUT2D eigenvalue weighted by Crippen LogP contribution is 2.37. The minimum atomic E-state index is -0.119. The fraction of sp³-hybridized carbons (Fsp3) is 0.211. The fourth-order valence-corrected chi connectivity index (χ4v) is 4.03. The Morgan fingerprint density at radius 2 is 1.92 bits per heavy atom. The molecule has 1 N–H and O–H groups in total. The third-order valence-electron chi connectivity index (χ3n) is 4.13. The Hall–Kier alpha value is -2.57. The van der Waals surface area contributed by atoms with E-state index in [1.807, 2.05) is 32.0 Å². The van der Waals surface area contributed by atoms with Crippen molar-refractivity contribution in [3.05, 3.63) is 47.3 Å². The van der Waals surface area contributed by atoms with Crippen LogP contribution in [0.15, 0.2) is 30.5 Å². The molecule has 0 fully saturated rings. The smallest absolute Gasteiger partial charge is 0.126 e. The van der Waals surface area contributed by atoms with Gasteiger partial charge < -0.3 is 9.84 Å². The number of aliphatic hydroxyl groups is 1. The van der Waals surface area contributed by atoms with Gasteiger partial charge in [-0.2, -0.15) is 0 Å². The van der Waals surface area contributed by atoms with Gasteiger partial charge in [-0.05, 0) is 49.2 Å². The molecule has 0 atom stereocenters. The van der Waals surface area contributed by atoms with E-state index >= 15 is 0 Å². The molecule has 0 aliphatic carbocycles. The summed E-state index contributed by atoms with van der Waals surface area (Å²) in [7, 11) is 1.67. The Balaban J connectivity index is 1.97. The van der Waals surface area contributed by atoms with Gasteiger partial charge >= 0.3 is 0 Å². The lowest BCUT2D eigenvalue weighted by Crippen LogP contribution is -1.95. The van der Waals surface area contributed by atoms with Gasteiger partial charge in [0.2, 0.25) is 0 Å². The Labute approximate surface area is 149 Å². The van der Waals surface area contributed by atoms with E-state index in [4.69, 9.17) is 9.72 Å². The third-order valence-corrected chi connectivity index (χ3v) is 5.16. The Morgan fingerprint density at radius 3 is 2.68 bits per heavy atom. The van der Waals surface area contributed by atoms with Gasteiger partial charge in [0, 0.05) is 5.56 Å². The summed E-state index contributed by atoms with van der Waals surface area (Å²) in [6, 6.07) is 8.07. The van der Waals surface area contributed by atoms with Crippen molar-refractivity contribution >= 4 is 32.6 Å². The van der Waals surface area contributed by atoms with Crippen LogP contribution in [0.3, 0.4) is 0 Å². The van der Waals surface area contributed by atoms with Crippen LogP contribution in [0.1, 0.15) is 16.8 Å². The standard InChI is InChI=1S/C19H17N3O2S/c1-10-4-14(18-15(5-10)21-12(9-23)8-20-18)19-22-17-11(2)6-13(24-3)7-16(17)25-19/h4-8,23H,9H2,1-3H3. The lowest BCUT2D eigenvalue weighted by Gasteiger charge is -2.06. The van der Waals surface area contributed by atoms with Gasteiger partial charge in [-0.15, -0.1) is 11.3 Å². The maximum absolute atomic E-state index is 9.30. The highest BCUT2D eigenvalue weighted by Gasteiger charge is 2.14. The number of benzene rings is 2. The zero-order valence-electron chi connectivity index (χ0n) is 14.2. The SMILES string of the molecule is COc1cc(C)c2nc(-c3cc(C)cc4nc(CO)cnc34)sc2c1. The van der Waals surface area contributed by atoms with Crippen molar-refractivity contribution in [2.24, 2.45) is 0 Å². The number of methoxy groups -OCH3 is 1. The van der Waals surface area contributed by atoms with Crippen molar-refractivity contribution in [1.82, 2.24) is 15.0 Å². The lowest BCUT2D eigenvalue weighted by atomic mass is 10.1. The Kier molecular flexibility index (Phi) is 3.86. The fourth-order valence-electron chi connectivity index (χ4n) is 2.94. The first-order chi connectivity index (χ1) is 12.1. The van der Waals surface area contributed by atoms with Crippen molar-refractivity contribution in [3.8, 4) is 16.3 Å². The molecule has 2 aromatic heterocycles. The normalized spacial score (nSPS) is 11.4. The van der Waals surface area contributed by atoms with Crippen molar-refractivity contribution in [3.63, 3.8) is 0 Å². The summed E-state index contributed by atoms with van der Waals surface area (Å²) in [4.78, 5) is 13.8. The molecule has 5 nitrogen and oxygen atoms in total. The number of hydrogen-bond acceptors (Lipinski definition) is 6. The van der Waals surface area contributed by atoms with Crippen LogP contribution in [0.5, 0.6) is 5.75 Å². The van der Waals surface area contributed by atoms with E-state index in [2.05, 4.69) is 16.0 Å². The predicted octanol–water partition coefficient (Wildman–Crippen LogP) is 4.02. The first-order valence-corrected chi connectivity index (χ1v) is 8.73. The molecule has 0 bridgehead atoms. The molecule has 4 rings (SSSR count). The molecular formula is C19H17N3O2S. The number of aryl methyl sites for hydroxylation is 2. The highest BCUT2D eigenvalue weighted by molar-refractivity contribution is 7.21. The molecule has 126 valence electrons. The van der Waals surface area contributed by atoms with Crippen LogP contribution in [-0.4, -0.2) is 27.2 Å². The van der Waals surface area contributed by atoms with Gasteiger partial charge in [0.15, 0.2) is 0 Å². The summed E-state index contributed by atoms with van der Waals surface area (Å²) in [5.41, 5.74) is 6.25. The van der Waals surface area contributed by atoms with Gasteiger partial charge in [-0.3, -0.25) is 4.98 Å². The molecular weight excluding hydrogens is 334 g/mol. The maximum Gasteiger partial charge on any atom is 0.126 e. The second kappa shape index (κ2) is 6.06. The second-order valence-corrected chi connectivity index (χ2v) is 7.04. The summed E-state index contributed by atoms with van der Waals surface area (Å²) in [5, 5.41) is 10.2. The molecule has 0 unspecified atom stereocenters. The van der Waals surface area contributed by atoms with Crippen molar-refractivity contribution in [2.75, 3.05) is 7.11 Å². The average Bonchev–Trinajstić information content (AvgIpc) is 3.04. The number of rotatable bonds is 3. The van der Waals surface area contributed by atoms with Crippen LogP contribution in [-0.2, 0) is 6.61 Å². The molecule has 0 spiro atoms. The molecule has 2 heterocycles. The van der Waals surface area contributed by atoms with Crippen LogP contribution in [0, 0.1) is 13.8 Å². The summed E-state index contributed by atoms with van der Waals surface area (Å²) >= 11 is 1.62. The van der Waals surface area contributed by atoms with Crippen molar-refractivity contribution in [1.29, 1.82) is 0 Å². The van der Waals surface area contributed by atoms with E-state index in [9.17, 15) is 5.11 Å². The molecule has 0 aliphatic heterocycles. The molecule has 25 heavy (non-hydrogen) atoms. The quantitative estimate of drug-likeness (QED) is 0.604. The van der Waals surface area contributed by atoms with Crippen LogP contribution >= 0.6 is 11.3 Å². The van der Waals surface area contributed by atoms with Crippen LogP contribution < -0.4 is 4.74 Å². The van der Waals surface area contributed by atoms with Gasteiger partial charge in [0.1, 0.15) is 10.8 Å². The van der Waals surface area contributed by atoms with E-state index in [1.165, 1.54) is 0 Å². The van der Waals surface area contributed by atoms with Gasteiger partial charge in [0.25, 0.3) is 0 Å². The number of nitrogens with zero attached hydrogens (tertiary/aromatic N) is 3. The summed E-state index contributed by atoms with van der Waals surface area (Å²) in [6.07, 6.45) is 1.61. The average molecular weight is 351 g/mol. The van der Waals surface area contributed by atoms with E-state index < -0.39 is 0 Å². The largest absolute Gasteiger partial charge is 0.497 e. The molecule has 0 saturated carbocycles. The van der Waals surface area contributed by atoms with Crippen molar-refractivity contribution in [2.45, 2.75) is 20.5 Å². The lowest BCUT2D eigenvalue weighted by molar-refractivity contribution is 0.277. The summed E-state index contributed by atoms with van der Waals surface area (Å²) in [5.74, 6) is 0.835. The van der Waals surface area contributed by atoms with Crippen LogP contribution in [0.25, 0.3) is 31.8 Å². The maximum atomic E-state index is 9.30. The minimum absolute atomic E-state index is 0.119. The third kappa shape index (κ3) is 2.73. The van der Waals surface area contributed by atoms with Crippen LogP contribution in [0.2, 0.25) is 0 Å². The number of fused-ring (bicyclic) bond motifs is 2. The molecule has 0 saturated heterocycles. The zero-order valence-corrected chi connectivity index (χ0v) is 15.0. The molecule has 2 aromatic carbocycles. The molecule has 6 heteroatoms. The highest BCUT2D eigenvalue weighted by atomic mass is 32.1. The summed E-state index contributed by atoms with van der Waals surface area (Å²) in [6.45, 7) is 3.94. The minimum Gasteiger partial charge on any atom is -0.497 e. The van der Waals surface area contributed by atoms with Gasteiger partial charge in [0.05, 0.1) is 46.9 Å². The van der Waals surface area contributed by atoms with E-state index in [0.29, 0.717) is 5.69 Å². The Morgan fingerprint density at radius 1 is 1.08 bits per heavy atom. The topological polar surface area (TPSA) is 68.1 Å². The predicted molar refractivity (Wildman–Crippen MR) is 100 cm³/mol. The molecule has 4 aromatic rings. The number of aromatic nitrogens is 3. The first-order valence-electron chi connectivity index (χ1n) is 7.91. The molecule has 0 radical (unpaired) electrons. The first kappa shape index (κ1) is 15.9. The monoisotopic (exact) mass is 351 g/mol. The Bertz CT molecular complexity index is 1100. The van der Waals surface area contributed by atoms with E-state index in [0.717, 1.165) is 48.7 Å². The van der Waals surface area contributed by atoms with Crippen molar-refractivity contribution < 1.29 is 9.84 Å².